The first-order chi connectivity index (χ1) is 13.4. The molecule has 4 aromatic rings. The van der Waals surface area contributed by atoms with E-state index in [0.29, 0.717) is 5.78 Å². The van der Waals surface area contributed by atoms with Crippen molar-refractivity contribution in [1.29, 1.82) is 0 Å². The molecular weight excluding hydrogens is 386 g/mol. The van der Waals surface area contributed by atoms with Crippen LogP contribution in [-0.2, 0) is 4.74 Å². The molecule has 0 unspecified atom stereocenters. The zero-order valence-electron chi connectivity index (χ0n) is 14.7. The van der Waals surface area contributed by atoms with Gasteiger partial charge in [0.2, 0.25) is 5.78 Å². The molecule has 1 saturated heterocycles. The minimum absolute atomic E-state index is 0.107. The molecule has 0 aliphatic carbocycles. The Morgan fingerprint density at radius 2 is 2.29 bits per heavy atom. The van der Waals surface area contributed by atoms with Crippen LogP contribution in [-0.4, -0.2) is 63.7 Å². The van der Waals surface area contributed by atoms with E-state index >= 15 is 0 Å². The standard InChI is InChI=1S/C17H17N5O5S/c1-17(26)12(24)9(6-23)27-15(17)22-7-18-11-13(22)20-16-19-8(5-21(16)14(11)25)10-3-2-4-28-10/h2-5,7,9,12,15,23-24,26H,6H2,1H3,(H,19,20)/t9-,12-,15-,17-/m1/s1. The number of aromatic amines is 1. The molecular formula is C17H17N5O5S. The first-order valence-corrected chi connectivity index (χ1v) is 9.48. The van der Waals surface area contributed by atoms with Crippen LogP contribution in [0.5, 0.6) is 0 Å². The summed E-state index contributed by atoms with van der Waals surface area (Å²) in [6, 6.07) is 3.84. The Hall–Kier alpha value is -2.57. The molecule has 146 valence electrons. The van der Waals surface area contributed by atoms with Gasteiger partial charge in [-0.05, 0) is 18.4 Å². The van der Waals surface area contributed by atoms with Crippen LogP contribution in [0.4, 0.5) is 0 Å². The lowest BCUT2D eigenvalue weighted by Crippen LogP contribution is -2.44. The van der Waals surface area contributed by atoms with E-state index in [1.54, 1.807) is 6.20 Å². The molecule has 28 heavy (non-hydrogen) atoms. The van der Waals surface area contributed by atoms with Gasteiger partial charge in [-0.25, -0.2) is 9.38 Å². The molecule has 1 aliphatic heterocycles. The van der Waals surface area contributed by atoms with Gasteiger partial charge in [0.15, 0.2) is 17.4 Å². The molecule has 0 radical (unpaired) electrons. The highest BCUT2D eigenvalue weighted by atomic mass is 32.1. The lowest BCUT2D eigenvalue weighted by Gasteiger charge is -2.27. The summed E-state index contributed by atoms with van der Waals surface area (Å²) in [5, 5.41) is 32.3. The van der Waals surface area contributed by atoms with Gasteiger partial charge in [0.1, 0.15) is 17.8 Å². The van der Waals surface area contributed by atoms with Crippen molar-refractivity contribution < 1.29 is 20.1 Å². The predicted octanol–water partition coefficient (Wildman–Crippen LogP) is 0.102. The quantitative estimate of drug-likeness (QED) is 0.381. The molecule has 10 nitrogen and oxygen atoms in total. The Morgan fingerprint density at radius 3 is 2.96 bits per heavy atom. The van der Waals surface area contributed by atoms with Gasteiger partial charge in [-0.2, -0.15) is 4.98 Å². The third-order valence-corrected chi connectivity index (χ3v) is 6.01. The van der Waals surface area contributed by atoms with Crippen molar-refractivity contribution in [1.82, 2.24) is 23.9 Å². The van der Waals surface area contributed by atoms with E-state index in [-0.39, 0.29) is 16.7 Å². The van der Waals surface area contributed by atoms with Gasteiger partial charge < -0.3 is 25.0 Å². The van der Waals surface area contributed by atoms with Crippen LogP contribution in [0.15, 0.2) is 34.8 Å². The molecule has 5 heterocycles. The third kappa shape index (κ3) is 2.31. The van der Waals surface area contributed by atoms with Crippen molar-refractivity contribution in [3.05, 3.63) is 40.4 Å². The van der Waals surface area contributed by atoms with Crippen molar-refractivity contribution in [3.63, 3.8) is 0 Å². The molecule has 4 atom stereocenters. The van der Waals surface area contributed by atoms with E-state index in [4.69, 9.17) is 4.74 Å². The van der Waals surface area contributed by atoms with Gasteiger partial charge in [0.25, 0.3) is 5.56 Å². The fourth-order valence-electron chi connectivity index (χ4n) is 3.59. The maximum absolute atomic E-state index is 12.9. The second-order valence-electron chi connectivity index (χ2n) is 6.96. The van der Waals surface area contributed by atoms with Crippen LogP contribution < -0.4 is 5.56 Å². The monoisotopic (exact) mass is 403 g/mol. The van der Waals surface area contributed by atoms with Gasteiger partial charge in [-0.15, -0.1) is 11.3 Å². The lowest BCUT2D eigenvalue weighted by atomic mass is 9.96. The Morgan fingerprint density at radius 1 is 1.46 bits per heavy atom. The van der Waals surface area contributed by atoms with Crippen LogP contribution in [0.3, 0.4) is 0 Å². The summed E-state index contributed by atoms with van der Waals surface area (Å²) in [5.41, 5.74) is -1.00. The van der Waals surface area contributed by atoms with E-state index in [1.807, 2.05) is 17.5 Å². The average molecular weight is 403 g/mol. The highest BCUT2D eigenvalue weighted by Crippen LogP contribution is 2.39. The maximum Gasteiger partial charge on any atom is 0.287 e. The topological polar surface area (TPSA) is 138 Å². The van der Waals surface area contributed by atoms with Gasteiger partial charge in [-0.3, -0.25) is 9.36 Å². The Balaban J connectivity index is 1.69. The number of aliphatic hydroxyl groups excluding tert-OH is 2. The largest absolute Gasteiger partial charge is 0.394 e. The fraction of sp³-hybridized carbons (Fsp3) is 0.353. The van der Waals surface area contributed by atoms with E-state index in [2.05, 4.69) is 15.0 Å². The van der Waals surface area contributed by atoms with Gasteiger partial charge >= 0.3 is 0 Å². The van der Waals surface area contributed by atoms with Crippen LogP contribution in [0.1, 0.15) is 13.2 Å². The van der Waals surface area contributed by atoms with E-state index < -0.39 is 30.6 Å². The number of nitrogens with one attached hydrogen (secondary N) is 1. The number of imidazole rings is 2. The molecule has 5 rings (SSSR count). The van der Waals surface area contributed by atoms with E-state index in [0.717, 1.165) is 10.6 Å². The van der Waals surface area contributed by atoms with Crippen molar-refractivity contribution in [2.75, 3.05) is 6.61 Å². The van der Waals surface area contributed by atoms with Crippen molar-refractivity contribution in [3.8, 4) is 10.6 Å². The molecule has 0 amide bonds. The highest BCUT2D eigenvalue weighted by Gasteiger charge is 2.53. The maximum atomic E-state index is 12.9. The molecule has 4 N–H and O–H groups in total. The number of ether oxygens (including phenoxy) is 1. The first-order valence-electron chi connectivity index (χ1n) is 8.60. The molecule has 1 fully saturated rings. The van der Waals surface area contributed by atoms with Gasteiger partial charge in [0.05, 0.1) is 23.5 Å². The molecule has 1 aliphatic rings. The second kappa shape index (κ2) is 5.96. The van der Waals surface area contributed by atoms with Gasteiger partial charge in [-0.1, -0.05) is 6.07 Å². The predicted molar refractivity (Wildman–Crippen MR) is 100 cm³/mol. The number of aliphatic hydroxyl groups is 3. The average Bonchev–Trinajstić information content (AvgIpc) is 3.43. The number of aromatic nitrogens is 5. The Bertz CT molecular complexity index is 1220. The van der Waals surface area contributed by atoms with Crippen LogP contribution in [0.25, 0.3) is 27.5 Å². The minimum atomic E-state index is -1.70. The summed E-state index contributed by atoms with van der Waals surface area (Å²) in [7, 11) is 0. The number of rotatable bonds is 3. The summed E-state index contributed by atoms with van der Waals surface area (Å²) < 4.78 is 8.41. The number of thiophene rings is 1. The van der Waals surface area contributed by atoms with Crippen molar-refractivity contribution >= 4 is 28.3 Å². The zero-order chi connectivity index (χ0) is 19.6. The summed E-state index contributed by atoms with van der Waals surface area (Å²) in [4.78, 5) is 25.6. The van der Waals surface area contributed by atoms with Crippen molar-refractivity contribution in [2.45, 2.75) is 31.0 Å². The fourth-order valence-corrected chi connectivity index (χ4v) is 4.28. The van der Waals surface area contributed by atoms with Crippen LogP contribution in [0.2, 0.25) is 0 Å². The second-order valence-corrected chi connectivity index (χ2v) is 7.91. The summed E-state index contributed by atoms with van der Waals surface area (Å²) >= 11 is 1.53. The van der Waals surface area contributed by atoms with Crippen molar-refractivity contribution in [2.24, 2.45) is 0 Å². The number of fused-ring (bicyclic) bond motifs is 2. The number of nitrogens with zero attached hydrogens (tertiary/aromatic N) is 4. The van der Waals surface area contributed by atoms with Crippen LogP contribution >= 0.6 is 11.3 Å². The Kier molecular flexibility index (Phi) is 3.73. The van der Waals surface area contributed by atoms with E-state index in [1.165, 1.54) is 33.6 Å². The number of H-pyrrole nitrogens is 1. The normalized spacial score (nSPS) is 27.9. The van der Waals surface area contributed by atoms with E-state index in [9.17, 15) is 20.1 Å². The molecule has 11 heteroatoms. The number of hydrogen-bond acceptors (Lipinski definition) is 8. The summed E-state index contributed by atoms with van der Waals surface area (Å²) in [5.74, 6) is 0.319. The summed E-state index contributed by atoms with van der Waals surface area (Å²) in [6.07, 6.45) is -0.322. The minimum Gasteiger partial charge on any atom is -0.394 e. The third-order valence-electron chi connectivity index (χ3n) is 5.11. The molecule has 0 aromatic carbocycles. The smallest absolute Gasteiger partial charge is 0.287 e. The molecule has 4 aromatic heterocycles. The first kappa shape index (κ1) is 17.5. The lowest BCUT2D eigenvalue weighted by molar-refractivity contribution is -0.0950. The van der Waals surface area contributed by atoms with Crippen LogP contribution in [0, 0.1) is 0 Å². The summed E-state index contributed by atoms with van der Waals surface area (Å²) in [6.45, 7) is 0.945. The molecule has 0 spiro atoms. The zero-order valence-corrected chi connectivity index (χ0v) is 15.5. The SMILES string of the molecule is C[C@@]1(O)[C@H](O)[C@@H](CO)O[C@H]1n1cnc2c(=O)n3cc(-c4cccs4)[nH]c3nc21. The molecule has 0 bridgehead atoms. The van der Waals surface area contributed by atoms with Gasteiger partial charge in [0, 0.05) is 6.20 Å². The number of hydrogen-bond donors (Lipinski definition) is 4. The Labute approximate surface area is 161 Å². The molecule has 0 saturated carbocycles. The highest BCUT2D eigenvalue weighted by molar-refractivity contribution is 7.13.